The fourth-order valence-corrected chi connectivity index (χ4v) is 4.88. The van der Waals surface area contributed by atoms with Crippen molar-refractivity contribution in [1.29, 1.82) is 0 Å². The van der Waals surface area contributed by atoms with Gasteiger partial charge in [-0.25, -0.2) is 0 Å². The summed E-state index contributed by atoms with van der Waals surface area (Å²) in [5.74, 6) is 1.69. The maximum Gasteiger partial charge on any atom is 0.0278 e. The minimum absolute atomic E-state index is 0.686. The highest BCUT2D eigenvalue weighted by Gasteiger charge is 2.40. The fraction of sp³-hybridized carbons (Fsp3) is 1.00. The molecule has 0 aromatic carbocycles. The van der Waals surface area contributed by atoms with Crippen LogP contribution in [0.1, 0.15) is 53.4 Å². The molecule has 0 aromatic heterocycles. The van der Waals surface area contributed by atoms with Crippen LogP contribution in [0.5, 0.6) is 0 Å². The van der Waals surface area contributed by atoms with Gasteiger partial charge in [-0.3, -0.25) is 4.90 Å². The van der Waals surface area contributed by atoms with Crippen molar-refractivity contribution in [3.63, 3.8) is 0 Å². The molecule has 5 unspecified atom stereocenters. The van der Waals surface area contributed by atoms with Crippen LogP contribution < -0.4 is 5.32 Å². The highest BCUT2D eigenvalue weighted by Crippen LogP contribution is 2.34. The van der Waals surface area contributed by atoms with Crippen LogP contribution in [0.3, 0.4) is 0 Å². The van der Waals surface area contributed by atoms with Crippen molar-refractivity contribution >= 4 is 0 Å². The first-order valence-electron chi connectivity index (χ1n) is 9.24. The summed E-state index contributed by atoms with van der Waals surface area (Å²) in [6, 6.07) is 2.16. The largest absolute Gasteiger partial charge is 0.313 e. The maximum absolute atomic E-state index is 3.81. The Kier molecular flexibility index (Phi) is 6.51. The molecule has 0 bridgehead atoms. The molecule has 124 valence electrons. The van der Waals surface area contributed by atoms with E-state index in [0.29, 0.717) is 6.04 Å². The number of rotatable bonds is 4. The van der Waals surface area contributed by atoms with Crippen LogP contribution in [-0.2, 0) is 0 Å². The first-order valence-corrected chi connectivity index (χ1v) is 9.24. The zero-order chi connectivity index (χ0) is 15.4. The molecule has 1 saturated carbocycles. The average Bonchev–Trinajstić information content (AvgIpc) is 2.60. The molecule has 1 saturated heterocycles. The van der Waals surface area contributed by atoms with E-state index < -0.39 is 0 Å². The first kappa shape index (κ1) is 17.2. The fourth-order valence-electron chi connectivity index (χ4n) is 4.88. The van der Waals surface area contributed by atoms with Crippen LogP contribution in [0.25, 0.3) is 0 Å². The summed E-state index contributed by atoms with van der Waals surface area (Å²) in [6.07, 6.45) is 5.35. The molecular formula is C18H37N3. The highest BCUT2D eigenvalue weighted by atomic mass is 15.3. The van der Waals surface area contributed by atoms with Gasteiger partial charge >= 0.3 is 0 Å². The first-order chi connectivity index (χ1) is 10.1. The lowest BCUT2D eigenvalue weighted by Crippen LogP contribution is -2.59. The standard InChI is InChI=1S/C18H37N3/c1-6-16-13-20(5)9-8-10-21(16)18-15(4)11-14(3)12-17(18)19-7-2/h14-19H,6-13H2,1-5H3. The Bertz CT molecular complexity index is 307. The van der Waals surface area contributed by atoms with Gasteiger partial charge in [-0.1, -0.05) is 27.7 Å². The summed E-state index contributed by atoms with van der Waals surface area (Å²) in [4.78, 5) is 5.42. The van der Waals surface area contributed by atoms with Gasteiger partial charge in [0.1, 0.15) is 0 Å². The molecular weight excluding hydrogens is 258 g/mol. The van der Waals surface area contributed by atoms with Gasteiger partial charge in [0.05, 0.1) is 0 Å². The van der Waals surface area contributed by atoms with E-state index in [1.165, 1.54) is 45.3 Å². The molecule has 2 rings (SSSR count). The van der Waals surface area contributed by atoms with Gasteiger partial charge in [0, 0.05) is 31.2 Å². The van der Waals surface area contributed by atoms with Crippen molar-refractivity contribution in [2.75, 3.05) is 33.2 Å². The predicted molar refractivity (Wildman–Crippen MR) is 91.7 cm³/mol. The van der Waals surface area contributed by atoms with Crippen LogP contribution in [0.15, 0.2) is 0 Å². The summed E-state index contributed by atoms with van der Waals surface area (Å²) in [5, 5.41) is 3.81. The summed E-state index contributed by atoms with van der Waals surface area (Å²) in [6.45, 7) is 14.4. The van der Waals surface area contributed by atoms with Crippen molar-refractivity contribution in [3.05, 3.63) is 0 Å². The third-order valence-corrected chi connectivity index (χ3v) is 5.69. The van der Waals surface area contributed by atoms with Gasteiger partial charge in [0.15, 0.2) is 0 Å². The maximum atomic E-state index is 3.81. The van der Waals surface area contributed by atoms with E-state index in [4.69, 9.17) is 0 Å². The van der Waals surface area contributed by atoms with Gasteiger partial charge in [-0.2, -0.15) is 0 Å². The van der Waals surface area contributed by atoms with Crippen LogP contribution in [0, 0.1) is 11.8 Å². The Labute approximate surface area is 132 Å². The van der Waals surface area contributed by atoms with Crippen molar-refractivity contribution < 1.29 is 0 Å². The smallest absolute Gasteiger partial charge is 0.0278 e. The Morgan fingerprint density at radius 1 is 1.10 bits per heavy atom. The normalized spacial score (nSPS) is 40.1. The minimum atomic E-state index is 0.686. The van der Waals surface area contributed by atoms with Crippen LogP contribution >= 0.6 is 0 Å². The topological polar surface area (TPSA) is 18.5 Å². The molecule has 21 heavy (non-hydrogen) atoms. The third kappa shape index (κ3) is 4.20. The van der Waals surface area contributed by atoms with Gasteiger partial charge < -0.3 is 10.2 Å². The van der Waals surface area contributed by atoms with E-state index in [9.17, 15) is 0 Å². The zero-order valence-corrected chi connectivity index (χ0v) is 14.9. The summed E-state index contributed by atoms with van der Waals surface area (Å²) in [7, 11) is 2.29. The molecule has 1 aliphatic carbocycles. The van der Waals surface area contributed by atoms with E-state index in [0.717, 1.165) is 30.5 Å². The van der Waals surface area contributed by atoms with Crippen LogP contribution in [-0.4, -0.2) is 61.2 Å². The SMILES string of the molecule is CCNC1CC(C)CC(C)C1N1CCCN(C)CC1CC. The van der Waals surface area contributed by atoms with Crippen molar-refractivity contribution in [2.24, 2.45) is 11.8 Å². The van der Waals surface area contributed by atoms with Crippen molar-refractivity contribution in [1.82, 2.24) is 15.1 Å². The lowest BCUT2D eigenvalue weighted by Gasteiger charge is -2.48. The number of likely N-dealkylation sites (N-methyl/N-ethyl adjacent to an activating group) is 2. The Morgan fingerprint density at radius 2 is 1.86 bits per heavy atom. The molecule has 3 heteroatoms. The summed E-state index contributed by atoms with van der Waals surface area (Å²) < 4.78 is 0. The minimum Gasteiger partial charge on any atom is -0.313 e. The number of hydrogen-bond acceptors (Lipinski definition) is 3. The Morgan fingerprint density at radius 3 is 2.52 bits per heavy atom. The average molecular weight is 296 g/mol. The molecule has 0 aromatic rings. The molecule has 2 fully saturated rings. The van der Waals surface area contributed by atoms with E-state index in [2.05, 4.69) is 49.9 Å². The Hall–Kier alpha value is -0.120. The second kappa shape index (κ2) is 7.94. The van der Waals surface area contributed by atoms with Crippen LogP contribution in [0.2, 0.25) is 0 Å². The monoisotopic (exact) mass is 295 g/mol. The second-order valence-electron chi connectivity index (χ2n) is 7.62. The Balaban J connectivity index is 2.17. The molecule has 1 aliphatic heterocycles. The van der Waals surface area contributed by atoms with Crippen molar-refractivity contribution in [2.45, 2.75) is 71.5 Å². The molecule has 0 amide bonds. The van der Waals surface area contributed by atoms with Gasteiger partial charge in [0.25, 0.3) is 0 Å². The van der Waals surface area contributed by atoms with Gasteiger partial charge in [-0.05, 0) is 57.7 Å². The molecule has 1 N–H and O–H groups in total. The molecule has 3 nitrogen and oxygen atoms in total. The quantitative estimate of drug-likeness (QED) is 0.860. The molecule has 0 radical (unpaired) electrons. The number of hydrogen-bond donors (Lipinski definition) is 1. The molecule has 0 spiro atoms. The van der Waals surface area contributed by atoms with Gasteiger partial charge in [-0.15, -0.1) is 0 Å². The highest BCUT2D eigenvalue weighted by molar-refractivity contribution is 4.97. The lowest BCUT2D eigenvalue weighted by atomic mass is 9.75. The zero-order valence-electron chi connectivity index (χ0n) is 14.9. The van der Waals surface area contributed by atoms with E-state index in [-0.39, 0.29) is 0 Å². The van der Waals surface area contributed by atoms with E-state index >= 15 is 0 Å². The van der Waals surface area contributed by atoms with Crippen LogP contribution in [0.4, 0.5) is 0 Å². The van der Waals surface area contributed by atoms with Gasteiger partial charge in [0.2, 0.25) is 0 Å². The predicted octanol–water partition coefficient (Wildman–Crippen LogP) is 2.82. The molecule has 2 aliphatic rings. The van der Waals surface area contributed by atoms with Crippen molar-refractivity contribution in [3.8, 4) is 0 Å². The third-order valence-electron chi connectivity index (χ3n) is 5.69. The van der Waals surface area contributed by atoms with E-state index in [1.807, 2.05) is 0 Å². The number of nitrogens with zero attached hydrogens (tertiary/aromatic N) is 2. The summed E-state index contributed by atoms with van der Waals surface area (Å²) >= 11 is 0. The second-order valence-corrected chi connectivity index (χ2v) is 7.62. The lowest BCUT2D eigenvalue weighted by molar-refractivity contribution is 0.0304. The molecule has 5 atom stereocenters. The molecule has 1 heterocycles. The summed E-state index contributed by atoms with van der Waals surface area (Å²) in [5.41, 5.74) is 0. The van der Waals surface area contributed by atoms with E-state index in [1.54, 1.807) is 0 Å². The number of nitrogens with one attached hydrogen (secondary N) is 1.